The molecule has 0 bridgehead atoms. The molecule has 0 atom stereocenters. The Balaban J connectivity index is 1.58. The van der Waals surface area contributed by atoms with Gasteiger partial charge in [0.15, 0.2) is 11.6 Å². The third kappa shape index (κ3) is 5.05. The Hall–Kier alpha value is -3.44. The largest absolute Gasteiger partial charge is 0.322 e. The summed E-state index contributed by atoms with van der Waals surface area (Å²) in [5, 5.41) is 11.3. The number of rotatable bonds is 6. The summed E-state index contributed by atoms with van der Waals surface area (Å²) in [7, 11) is 0. The molecule has 0 fully saturated rings. The number of benzene rings is 2. The summed E-state index contributed by atoms with van der Waals surface area (Å²) in [6, 6.07) is 15.5. The minimum Gasteiger partial charge on any atom is -0.322 e. The third-order valence-electron chi connectivity index (χ3n) is 3.70. The summed E-state index contributed by atoms with van der Waals surface area (Å²) >= 11 is 1.38. The zero-order valence-electron chi connectivity index (χ0n) is 14.4. The molecule has 2 aromatic carbocycles. The first-order valence-corrected chi connectivity index (χ1v) is 9.13. The molecule has 0 saturated carbocycles. The molecule has 0 unspecified atom stereocenters. The van der Waals surface area contributed by atoms with Gasteiger partial charge < -0.3 is 10.0 Å². The van der Waals surface area contributed by atoms with Gasteiger partial charge in [0.2, 0.25) is 0 Å². The molecule has 8 heteroatoms. The Morgan fingerprint density at radius 3 is 2.57 bits per heavy atom. The van der Waals surface area contributed by atoms with E-state index < -0.39 is 17.5 Å². The van der Waals surface area contributed by atoms with Crippen molar-refractivity contribution in [2.45, 2.75) is 5.75 Å². The van der Waals surface area contributed by atoms with E-state index in [1.54, 1.807) is 18.2 Å². The van der Waals surface area contributed by atoms with E-state index in [-0.39, 0.29) is 5.69 Å². The Bertz CT molecular complexity index is 1040. The summed E-state index contributed by atoms with van der Waals surface area (Å²) in [6.45, 7) is 0. The second-order valence-corrected chi connectivity index (χ2v) is 6.49. The van der Waals surface area contributed by atoms with Crippen molar-refractivity contribution < 1.29 is 13.6 Å². The fourth-order valence-corrected chi connectivity index (χ4v) is 2.96. The highest BCUT2D eigenvalue weighted by Crippen LogP contribution is 2.18. The normalized spacial score (nSPS) is 10.2. The van der Waals surface area contributed by atoms with Gasteiger partial charge in [-0.3, -0.25) is 4.79 Å². The zero-order chi connectivity index (χ0) is 19.9. The number of hydrogen-bond acceptors (Lipinski definition) is 5. The van der Waals surface area contributed by atoms with Crippen molar-refractivity contribution in [2.24, 2.45) is 0 Å². The molecule has 3 rings (SSSR count). The molecule has 5 nitrogen and oxygen atoms in total. The van der Waals surface area contributed by atoms with Gasteiger partial charge in [0.1, 0.15) is 5.82 Å². The number of anilines is 2. The molecule has 140 valence electrons. The third-order valence-corrected chi connectivity index (χ3v) is 4.53. The van der Waals surface area contributed by atoms with Crippen LogP contribution in [0.1, 0.15) is 21.5 Å². The van der Waals surface area contributed by atoms with Crippen LogP contribution in [0.3, 0.4) is 0 Å². The van der Waals surface area contributed by atoms with Crippen molar-refractivity contribution in [1.29, 1.82) is 5.26 Å². The maximum absolute atomic E-state index is 13.3. The molecular weight excluding hydrogens is 382 g/mol. The molecular formula is C20H14F2N4OS. The minimum absolute atomic E-state index is 0.158. The van der Waals surface area contributed by atoms with E-state index in [1.165, 1.54) is 30.3 Å². The molecule has 0 spiro atoms. The fraction of sp³-hybridized carbons (Fsp3) is 0.0500. The van der Waals surface area contributed by atoms with Gasteiger partial charge in [0, 0.05) is 29.3 Å². The van der Waals surface area contributed by atoms with Gasteiger partial charge >= 0.3 is 0 Å². The van der Waals surface area contributed by atoms with E-state index in [2.05, 4.69) is 21.1 Å². The number of carbonyl (C=O) groups excluding carboxylic acids is 1. The summed E-state index contributed by atoms with van der Waals surface area (Å²) in [6.07, 6.45) is 1.48. The van der Waals surface area contributed by atoms with Crippen LogP contribution in [-0.4, -0.2) is 10.9 Å². The van der Waals surface area contributed by atoms with Crippen molar-refractivity contribution in [2.75, 3.05) is 10.0 Å². The first-order chi connectivity index (χ1) is 13.5. The van der Waals surface area contributed by atoms with Crippen LogP contribution in [0.25, 0.3) is 0 Å². The average molecular weight is 396 g/mol. The standard InChI is InChI=1S/C20H14F2N4OS/c21-17-6-5-16(10-18(17)22)25-20(27)15-7-8-24-19(9-15)26-28-12-14-3-1-13(11-23)2-4-14/h1-10H,12H2,(H,24,26)(H,25,27). The average Bonchev–Trinajstić information content (AvgIpc) is 2.71. The molecule has 28 heavy (non-hydrogen) atoms. The maximum Gasteiger partial charge on any atom is 0.255 e. The fourth-order valence-electron chi connectivity index (χ4n) is 2.27. The number of aromatic nitrogens is 1. The predicted octanol–water partition coefficient (Wildman–Crippen LogP) is 4.74. The lowest BCUT2D eigenvalue weighted by Gasteiger charge is -2.08. The summed E-state index contributed by atoms with van der Waals surface area (Å²) in [4.78, 5) is 16.5. The highest BCUT2D eigenvalue weighted by molar-refractivity contribution is 7.99. The van der Waals surface area contributed by atoms with Crippen molar-refractivity contribution in [3.63, 3.8) is 0 Å². The Labute approximate surface area is 164 Å². The topological polar surface area (TPSA) is 77.8 Å². The van der Waals surface area contributed by atoms with E-state index in [1.807, 2.05) is 12.1 Å². The van der Waals surface area contributed by atoms with Gasteiger partial charge in [0.05, 0.1) is 11.6 Å². The van der Waals surface area contributed by atoms with Crippen molar-refractivity contribution >= 4 is 29.4 Å². The quantitative estimate of drug-likeness (QED) is 0.588. The SMILES string of the molecule is N#Cc1ccc(CSNc2cc(C(=O)Nc3ccc(F)c(F)c3)ccn2)cc1. The molecule has 1 amide bonds. The van der Waals surface area contributed by atoms with Gasteiger partial charge in [-0.25, -0.2) is 13.8 Å². The van der Waals surface area contributed by atoms with Gasteiger partial charge in [-0.05, 0) is 53.9 Å². The number of amides is 1. The molecule has 3 aromatic rings. The number of halogens is 2. The van der Waals surface area contributed by atoms with E-state index >= 15 is 0 Å². The van der Waals surface area contributed by atoms with Gasteiger partial charge in [-0.2, -0.15) is 5.26 Å². The van der Waals surface area contributed by atoms with E-state index in [0.717, 1.165) is 17.7 Å². The Morgan fingerprint density at radius 2 is 1.86 bits per heavy atom. The van der Waals surface area contributed by atoms with Crippen LogP contribution in [0.15, 0.2) is 60.8 Å². The van der Waals surface area contributed by atoms with Crippen LogP contribution in [0.2, 0.25) is 0 Å². The van der Waals surface area contributed by atoms with Crippen LogP contribution >= 0.6 is 11.9 Å². The number of pyridine rings is 1. The maximum atomic E-state index is 13.3. The number of nitrogens with zero attached hydrogens (tertiary/aromatic N) is 2. The molecule has 0 aliphatic carbocycles. The van der Waals surface area contributed by atoms with E-state index in [4.69, 9.17) is 5.26 Å². The van der Waals surface area contributed by atoms with Gasteiger partial charge in [0.25, 0.3) is 5.91 Å². The zero-order valence-corrected chi connectivity index (χ0v) is 15.3. The monoisotopic (exact) mass is 396 g/mol. The van der Waals surface area contributed by atoms with Crippen LogP contribution in [0, 0.1) is 23.0 Å². The lowest BCUT2D eigenvalue weighted by Crippen LogP contribution is -2.12. The highest BCUT2D eigenvalue weighted by Gasteiger charge is 2.10. The second-order valence-electron chi connectivity index (χ2n) is 5.71. The molecule has 2 N–H and O–H groups in total. The minimum atomic E-state index is -1.03. The molecule has 1 heterocycles. The summed E-state index contributed by atoms with van der Waals surface area (Å²) in [5.74, 6) is -1.36. The molecule has 0 aliphatic rings. The molecule has 0 aliphatic heterocycles. The van der Waals surface area contributed by atoms with Crippen LogP contribution in [0.5, 0.6) is 0 Å². The van der Waals surface area contributed by atoms with Crippen molar-refractivity contribution in [1.82, 2.24) is 4.98 Å². The summed E-state index contributed by atoms with van der Waals surface area (Å²) in [5.41, 5.74) is 2.11. The predicted molar refractivity (Wildman–Crippen MR) is 105 cm³/mol. The number of hydrogen-bond donors (Lipinski definition) is 2. The first kappa shape index (κ1) is 19.3. The van der Waals surface area contributed by atoms with E-state index in [0.29, 0.717) is 22.7 Å². The number of carbonyl (C=O) groups is 1. The lowest BCUT2D eigenvalue weighted by atomic mass is 10.2. The Morgan fingerprint density at radius 1 is 1.07 bits per heavy atom. The summed E-state index contributed by atoms with van der Waals surface area (Å²) < 4.78 is 29.3. The molecule has 0 saturated heterocycles. The second kappa shape index (κ2) is 8.97. The Kier molecular flexibility index (Phi) is 6.19. The number of nitrogens with one attached hydrogen (secondary N) is 2. The molecule has 1 aromatic heterocycles. The highest BCUT2D eigenvalue weighted by atomic mass is 32.2. The van der Waals surface area contributed by atoms with Crippen LogP contribution in [0.4, 0.5) is 20.3 Å². The first-order valence-electron chi connectivity index (χ1n) is 8.14. The molecule has 0 radical (unpaired) electrons. The smallest absolute Gasteiger partial charge is 0.255 e. The number of nitriles is 1. The lowest BCUT2D eigenvalue weighted by molar-refractivity contribution is 0.102. The van der Waals surface area contributed by atoms with Gasteiger partial charge in [-0.15, -0.1) is 0 Å². The van der Waals surface area contributed by atoms with Crippen LogP contribution in [-0.2, 0) is 5.75 Å². The van der Waals surface area contributed by atoms with Crippen LogP contribution < -0.4 is 10.0 Å². The van der Waals surface area contributed by atoms with Crippen molar-refractivity contribution in [3.8, 4) is 6.07 Å². The van der Waals surface area contributed by atoms with Gasteiger partial charge in [-0.1, -0.05) is 12.1 Å². The van der Waals surface area contributed by atoms with E-state index in [9.17, 15) is 13.6 Å². The van der Waals surface area contributed by atoms with Crippen molar-refractivity contribution in [3.05, 3.63) is 89.1 Å².